The summed E-state index contributed by atoms with van der Waals surface area (Å²) in [5.41, 5.74) is 4.52. The topological polar surface area (TPSA) is 120 Å². The highest BCUT2D eigenvalue weighted by atomic mass is 16.5. The number of aryl methyl sites for hydroxylation is 2. The molecule has 0 aliphatic carbocycles. The molecule has 10 nitrogen and oxygen atoms in total. The van der Waals surface area contributed by atoms with Crippen molar-refractivity contribution in [2.45, 2.75) is 38.4 Å². The van der Waals surface area contributed by atoms with Crippen LogP contribution in [0.4, 0.5) is 0 Å². The van der Waals surface area contributed by atoms with Gasteiger partial charge in [-0.05, 0) is 37.0 Å². The van der Waals surface area contributed by atoms with Gasteiger partial charge in [0.2, 0.25) is 5.91 Å². The summed E-state index contributed by atoms with van der Waals surface area (Å²) in [7, 11) is 0. The average molecular weight is 524 g/mol. The molecule has 1 aromatic carbocycles. The summed E-state index contributed by atoms with van der Waals surface area (Å²) in [6, 6.07) is 14.2. The second-order valence-electron chi connectivity index (χ2n) is 9.76. The van der Waals surface area contributed by atoms with E-state index in [1.54, 1.807) is 24.8 Å². The molecule has 1 saturated heterocycles. The number of rotatable bonds is 10. The van der Waals surface area contributed by atoms with Crippen LogP contribution in [0.5, 0.6) is 0 Å². The lowest BCUT2D eigenvalue weighted by atomic mass is 10.1. The van der Waals surface area contributed by atoms with Gasteiger partial charge in [0.25, 0.3) is 5.56 Å². The zero-order valence-corrected chi connectivity index (χ0v) is 21.4. The summed E-state index contributed by atoms with van der Waals surface area (Å²) in [6.45, 7) is 1.41. The molecule has 1 aliphatic rings. The summed E-state index contributed by atoms with van der Waals surface area (Å²) >= 11 is 0. The smallest absolute Gasteiger partial charge is 0.273 e. The lowest BCUT2D eigenvalue weighted by molar-refractivity contribution is -0.121. The van der Waals surface area contributed by atoms with Crippen molar-refractivity contribution in [3.63, 3.8) is 0 Å². The maximum Gasteiger partial charge on any atom is 0.273 e. The van der Waals surface area contributed by atoms with Crippen LogP contribution in [0.25, 0.3) is 22.2 Å². The first kappa shape index (κ1) is 24.7. The number of fused-ring (bicyclic) bond motifs is 1. The van der Waals surface area contributed by atoms with Gasteiger partial charge in [0.05, 0.1) is 43.9 Å². The number of carbonyl (C=O) groups is 1. The van der Waals surface area contributed by atoms with Crippen molar-refractivity contribution in [2.24, 2.45) is 0 Å². The van der Waals surface area contributed by atoms with Crippen molar-refractivity contribution in [1.82, 2.24) is 34.6 Å². The molecule has 39 heavy (non-hydrogen) atoms. The van der Waals surface area contributed by atoms with Crippen LogP contribution < -0.4 is 10.9 Å². The van der Waals surface area contributed by atoms with E-state index in [1.165, 1.54) is 10.1 Å². The Morgan fingerprint density at radius 1 is 1.10 bits per heavy atom. The second kappa shape index (κ2) is 11.0. The first-order valence-corrected chi connectivity index (χ1v) is 13.1. The van der Waals surface area contributed by atoms with E-state index in [2.05, 4.69) is 37.5 Å². The number of amides is 1. The van der Waals surface area contributed by atoms with Crippen molar-refractivity contribution in [1.29, 1.82) is 0 Å². The van der Waals surface area contributed by atoms with Gasteiger partial charge in [0, 0.05) is 40.8 Å². The summed E-state index contributed by atoms with van der Waals surface area (Å²) in [4.78, 5) is 38.6. The van der Waals surface area contributed by atoms with Crippen LogP contribution >= 0.6 is 0 Å². The predicted octanol–water partition coefficient (Wildman–Crippen LogP) is 3.05. The highest BCUT2D eigenvalue weighted by molar-refractivity contribution is 5.80. The summed E-state index contributed by atoms with van der Waals surface area (Å²) in [6.07, 6.45) is 10.9. The molecule has 10 heteroatoms. The monoisotopic (exact) mass is 523 g/mol. The van der Waals surface area contributed by atoms with Crippen LogP contribution in [0, 0.1) is 0 Å². The van der Waals surface area contributed by atoms with Crippen molar-refractivity contribution < 1.29 is 9.53 Å². The standard InChI is InChI=1S/C29H29N7O3/c37-28(32-14-23-11-21-12-30-10-9-25(21)34-23)17-35-27(22-13-33-36(16-22)24-18-39-19-24)15-31-26(29(35)38)8-4-7-20-5-2-1-3-6-20/h1-3,5-6,9-13,15-16,24,34H,4,7-8,14,17-19H2,(H,32,37). The van der Waals surface area contributed by atoms with Gasteiger partial charge in [0.15, 0.2) is 0 Å². The van der Waals surface area contributed by atoms with Crippen molar-refractivity contribution >= 4 is 16.8 Å². The van der Waals surface area contributed by atoms with E-state index in [-0.39, 0.29) is 24.1 Å². The van der Waals surface area contributed by atoms with Crippen LogP contribution in [-0.4, -0.2) is 48.4 Å². The number of benzene rings is 1. The zero-order valence-electron chi connectivity index (χ0n) is 21.4. The lowest BCUT2D eigenvalue weighted by Crippen LogP contribution is -2.34. The first-order valence-electron chi connectivity index (χ1n) is 13.1. The molecule has 1 fully saturated rings. The van der Waals surface area contributed by atoms with Crippen LogP contribution in [0.1, 0.15) is 29.4 Å². The van der Waals surface area contributed by atoms with Crippen LogP contribution in [0.2, 0.25) is 0 Å². The molecular weight excluding hydrogens is 494 g/mol. The van der Waals surface area contributed by atoms with E-state index in [4.69, 9.17) is 4.74 Å². The van der Waals surface area contributed by atoms with Crippen LogP contribution in [0.15, 0.2) is 78.2 Å². The third-order valence-electron chi connectivity index (χ3n) is 6.99. The Hall–Kier alpha value is -4.57. The van der Waals surface area contributed by atoms with Gasteiger partial charge in [-0.2, -0.15) is 5.10 Å². The summed E-state index contributed by atoms with van der Waals surface area (Å²) < 4.78 is 8.63. The van der Waals surface area contributed by atoms with E-state index in [9.17, 15) is 9.59 Å². The first-order chi connectivity index (χ1) is 19.1. The molecule has 2 N–H and O–H groups in total. The van der Waals surface area contributed by atoms with Crippen molar-refractivity contribution in [3.8, 4) is 11.3 Å². The number of aromatic nitrogens is 6. The Kier molecular flexibility index (Phi) is 7.01. The quantitative estimate of drug-likeness (QED) is 0.290. The minimum Gasteiger partial charge on any atom is -0.377 e. The average Bonchev–Trinajstić information content (AvgIpc) is 3.56. The molecular formula is C29H29N7O3. The molecule has 0 atom stereocenters. The third-order valence-corrected chi connectivity index (χ3v) is 6.99. The largest absolute Gasteiger partial charge is 0.377 e. The normalized spacial score (nSPS) is 13.4. The number of carbonyl (C=O) groups excluding carboxylic acids is 1. The number of nitrogens with one attached hydrogen (secondary N) is 2. The number of aromatic amines is 1. The zero-order chi connectivity index (χ0) is 26.6. The molecule has 1 aliphatic heterocycles. The molecule has 5 heterocycles. The molecule has 4 aromatic heterocycles. The number of hydrogen-bond acceptors (Lipinski definition) is 6. The molecule has 5 aromatic rings. The van der Waals surface area contributed by atoms with Gasteiger partial charge in [-0.3, -0.25) is 28.8 Å². The maximum absolute atomic E-state index is 13.6. The molecule has 0 saturated carbocycles. The van der Waals surface area contributed by atoms with Crippen LogP contribution in [0.3, 0.4) is 0 Å². The van der Waals surface area contributed by atoms with E-state index in [0.717, 1.165) is 35.0 Å². The maximum atomic E-state index is 13.6. The fourth-order valence-corrected chi connectivity index (χ4v) is 4.76. The van der Waals surface area contributed by atoms with Crippen molar-refractivity contribution in [2.75, 3.05) is 13.2 Å². The predicted molar refractivity (Wildman–Crippen MR) is 146 cm³/mol. The Morgan fingerprint density at radius 2 is 1.97 bits per heavy atom. The number of H-pyrrole nitrogens is 1. The molecule has 0 bridgehead atoms. The van der Waals surface area contributed by atoms with Gasteiger partial charge < -0.3 is 15.0 Å². The Labute approximate surface area is 224 Å². The molecule has 0 spiro atoms. The highest BCUT2D eigenvalue weighted by Crippen LogP contribution is 2.22. The number of nitrogens with zero attached hydrogens (tertiary/aromatic N) is 5. The summed E-state index contributed by atoms with van der Waals surface area (Å²) in [5, 5.41) is 8.36. The fraction of sp³-hybridized carbons (Fsp3) is 0.276. The van der Waals surface area contributed by atoms with Gasteiger partial charge in [0.1, 0.15) is 12.2 Å². The van der Waals surface area contributed by atoms with E-state index >= 15 is 0 Å². The SMILES string of the molecule is O=C(Cn1c(-c2cnn(C3COC3)c2)cnc(CCCc2ccccc2)c1=O)NCc1cc2cnccc2[nH]1. The number of hydrogen-bond donors (Lipinski definition) is 2. The second-order valence-corrected chi connectivity index (χ2v) is 9.76. The van der Waals surface area contributed by atoms with E-state index in [1.807, 2.05) is 41.2 Å². The third kappa shape index (κ3) is 5.51. The lowest BCUT2D eigenvalue weighted by Gasteiger charge is -2.25. The highest BCUT2D eigenvalue weighted by Gasteiger charge is 2.22. The van der Waals surface area contributed by atoms with Gasteiger partial charge in [-0.15, -0.1) is 0 Å². The Balaban J connectivity index is 1.21. The van der Waals surface area contributed by atoms with Crippen molar-refractivity contribution in [3.05, 3.63) is 101 Å². The molecule has 0 unspecified atom stereocenters. The fourth-order valence-electron chi connectivity index (χ4n) is 4.76. The number of pyridine rings is 1. The van der Waals surface area contributed by atoms with Gasteiger partial charge in [-0.1, -0.05) is 30.3 Å². The van der Waals surface area contributed by atoms with Crippen LogP contribution in [-0.2, 0) is 35.5 Å². The Bertz CT molecular complexity index is 1620. The Morgan fingerprint density at radius 3 is 2.77 bits per heavy atom. The van der Waals surface area contributed by atoms with Gasteiger partial charge >= 0.3 is 0 Å². The molecule has 1 amide bonds. The molecule has 6 rings (SSSR count). The van der Waals surface area contributed by atoms with Gasteiger partial charge in [-0.25, -0.2) is 0 Å². The minimum absolute atomic E-state index is 0.123. The minimum atomic E-state index is -0.267. The number of ether oxygens (including phenoxy) is 1. The van der Waals surface area contributed by atoms with E-state index < -0.39 is 0 Å². The molecule has 0 radical (unpaired) electrons. The molecule has 198 valence electrons. The summed E-state index contributed by atoms with van der Waals surface area (Å²) in [5.74, 6) is -0.267. The van der Waals surface area contributed by atoms with E-state index in [0.29, 0.717) is 37.6 Å².